The van der Waals surface area contributed by atoms with Gasteiger partial charge in [-0.05, 0) is 12.8 Å². The number of aliphatic hydroxyl groups excluding tert-OH is 1. The molecule has 0 bridgehead atoms. The predicted molar refractivity (Wildman–Crippen MR) is 75.7 cm³/mol. The molecule has 0 heterocycles. The molecule has 0 saturated carbocycles. The highest BCUT2D eigenvalue weighted by Gasteiger charge is 2.10. The van der Waals surface area contributed by atoms with Crippen molar-refractivity contribution in [3.8, 4) is 0 Å². The highest BCUT2D eigenvalue weighted by molar-refractivity contribution is 5.74. The number of unbranched alkanes of at least 4 members (excludes halogenated alkanes) is 6. The van der Waals surface area contributed by atoms with E-state index in [2.05, 4.69) is 5.32 Å². The largest absolute Gasteiger partial charge is 0.395 e. The van der Waals surface area contributed by atoms with Crippen molar-refractivity contribution in [3.63, 3.8) is 0 Å². The Balaban J connectivity index is 3.51. The Morgan fingerprint density at radius 1 is 1.16 bits per heavy atom. The zero-order valence-electron chi connectivity index (χ0n) is 11.8. The lowest BCUT2D eigenvalue weighted by Gasteiger charge is -2.16. The van der Waals surface area contributed by atoms with Crippen molar-refractivity contribution in [1.29, 1.82) is 0 Å². The lowest BCUT2D eigenvalue weighted by atomic mass is 10.0. The van der Waals surface area contributed by atoms with Crippen molar-refractivity contribution in [3.05, 3.63) is 0 Å². The summed E-state index contributed by atoms with van der Waals surface area (Å²) < 4.78 is 0. The molecule has 0 aliphatic carbocycles. The molecule has 0 spiro atoms. The van der Waals surface area contributed by atoms with Crippen molar-refractivity contribution in [2.24, 2.45) is 5.73 Å². The number of rotatable bonds is 14. The van der Waals surface area contributed by atoms with Gasteiger partial charge in [-0.2, -0.15) is 0 Å². The number of amides is 1. The maximum atomic E-state index is 10.9. The van der Waals surface area contributed by atoms with Crippen LogP contribution in [0.5, 0.6) is 0 Å². The molecule has 1 atom stereocenters. The molecule has 0 aromatic carbocycles. The molecule has 0 radical (unpaired) electrons. The van der Waals surface area contributed by atoms with E-state index in [9.17, 15) is 9.59 Å². The summed E-state index contributed by atoms with van der Waals surface area (Å²) >= 11 is 0. The van der Waals surface area contributed by atoms with Gasteiger partial charge in [-0.25, -0.2) is 0 Å². The molecule has 0 fully saturated rings. The first-order chi connectivity index (χ1) is 9.20. The van der Waals surface area contributed by atoms with Gasteiger partial charge in [-0.1, -0.05) is 32.1 Å². The fourth-order valence-corrected chi connectivity index (χ4v) is 2.11. The summed E-state index contributed by atoms with van der Waals surface area (Å²) in [6, 6.07) is 0.0831. The lowest BCUT2D eigenvalue weighted by Crippen LogP contribution is -2.35. The number of primary amides is 1. The molecule has 0 rings (SSSR count). The molecule has 0 aliphatic rings. The van der Waals surface area contributed by atoms with E-state index >= 15 is 0 Å². The van der Waals surface area contributed by atoms with E-state index in [0.717, 1.165) is 38.4 Å². The summed E-state index contributed by atoms with van der Waals surface area (Å²) in [5.74, 6) is -0.302. The minimum atomic E-state index is -0.302. The van der Waals surface area contributed by atoms with Crippen LogP contribution in [0.3, 0.4) is 0 Å². The lowest BCUT2D eigenvalue weighted by molar-refractivity contribution is -0.118. The first kappa shape index (κ1) is 18.1. The molecule has 0 aliphatic heterocycles. The van der Waals surface area contributed by atoms with Gasteiger partial charge in [-0.15, -0.1) is 0 Å². The second kappa shape index (κ2) is 13.5. The maximum absolute atomic E-state index is 10.9. The first-order valence-corrected chi connectivity index (χ1v) is 7.27. The Hall–Kier alpha value is -0.940. The highest BCUT2D eigenvalue weighted by atomic mass is 16.3. The number of aliphatic hydroxyl groups is 1. The van der Waals surface area contributed by atoms with E-state index in [1.165, 1.54) is 12.8 Å². The van der Waals surface area contributed by atoms with Crippen LogP contribution < -0.4 is 11.1 Å². The predicted octanol–water partition coefficient (Wildman–Crippen LogP) is 1.13. The fourth-order valence-electron chi connectivity index (χ4n) is 2.11. The topological polar surface area (TPSA) is 92.4 Å². The Bertz CT molecular complexity index is 235. The Kier molecular flexibility index (Phi) is 12.8. The van der Waals surface area contributed by atoms with Crippen molar-refractivity contribution >= 4 is 12.2 Å². The number of nitrogens with two attached hydrogens (primary N) is 1. The van der Waals surface area contributed by atoms with E-state index < -0.39 is 0 Å². The molecule has 19 heavy (non-hydrogen) atoms. The number of hydrogen-bond donors (Lipinski definition) is 3. The van der Waals surface area contributed by atoms with Crippen molar-refractivity contribution in [2.75, 3.05) is 13.2 Å². The van der Waals surface area contributed by atoms with Crippen molar-refractivity contribution < 1.29 is 14.7 Å². The van der Waals surface area contributed by atoms with E-state index in [-0.39, 0.29) is 18.6 Å². The van der Waals surface area contributed by atoms with Crippen LogP contribution in [0.15, 0.2) is 0 Å². The van der Waals surface area contributed by atoms with Crippen LogP contribution in [0.2, 0.25) is 0 Å². The standard InChI is InChI=1S/C14H28N2O3/c15-14(19)12-13(16-9-11-18)8-6-4-2-1-3-5-7-10-17/h10,13,16,18H,1-9,11-12H2,(H2,15,19). The monoisotopic (exact) mass is 272 g/mol. The third-order valence-electron chi connectivity index (χ3n) is 3.12. The van der Waals surface area contributed by atoms with Gasteiger partial charge in [0.1, 0.15) is 6.29 Å². The highest BCUT2D eigenvalue weighted by Crippen LogP contribution is 2.10. The third-order valence-corrected chi connectivity index (χ3v) is 3.12. The van der Waals surface area contributed by atoms with Gasteiger partial charge in [0.2, 0.25) is 5.91 Å². The van der Waals surface area contributed by atoms with Gasteiger partial charge in [0.25, 0.3) is 0 Å². The van der Waals surface area contributed by atoms with Crippen LogP contribution in [-0.4, -0.2) is 36.5 Å². The van der Waals surface area contributed by atoms with E-state index in [0.29, 0.717) is 19.4 Å². The molecule has 5 nitrogen and oxygen atoms in total. The number of carbonyl (C=O) groups excluding carboxylic acids is 2. The fraction of sp³-hybridized carbons (Fsp3) is 0.857. The van der Waals surface area contributed by atoms with Crippen LogP contribution in [0.1, 0.15) is 57.8 Å². The van der Waals surface area contributed by atoms with Crippen LogP contribution in [0, 0.1) is 0 Å². The molecule has 1 unspecified atom stereocenters. The third kappa shape index (κ3) is 13.3. The molecule has 0 saturated heterocycles. The molecule has 4 N–H and O–H groups in total. The van der Waals surface area contributed by atoms with Crippen LogP contribution >= 0.6 is 0 Å². The number of carbonyl (C=O) groups is 2. The van der Waals surface area contributed by atoms with Crippen LogP contribution in [-0.2, 0) is 9.59 Å². The zero-order chi connectivity index (χ0) is 14.3. The Labute approximate surface area is 115 Å². The van der Waals surface area contributed by atoms with Crippen LogP contribution in [0.4, 0.5) is 0 Å². The van der Waals surface area contributed by atoms with E-state index in [1.54, 1.807) is 0 Å². The summed E-state index contributed by atoms with van der Waals surface area (Å²) in [7, 11) is 0. The summed E-state index contributed by atoms with van der Waals surface area (Å²) in [5, 5.41) is 11.9. The summed E-state index contributed by atoms with van der Waals surface area (Å²) in [4.78, 5) is 21.0. The van der Waals surface area contributed by atoms with Crippen LogP contribution in [0.25, 0.3) is 0 Å². The first-order valence-electron chi connectivity index (χ1n) is 7.27. The quantitative estimate of drug-likeness (QED) is 0.326. The molecule has 112 valence electrons. The van der Waals surface area contributed by atoms with Gasteiger partial charge in [0.05, 0.1) is 6.61 Å². The molecular formula is C14H28N2O3. The minimum absolute atomic E-state index is 0.0754. The van der Waals surface area contributed by atoms with Crippen molar-refractivity contribution in [1.82, 2.24) is 5.32 Å². The molecule has 0 aromatic rings. The van der Waals surface area contributed by atoms with Gasteiger partial charge < -0.3 is 21.0 Å². The van der Waals surface area contributed by atoms with Gasteiger partial charge in [-0.3, -0.25) is 4.79 Å². The molecule has 1 amide bonds. The van der Waals surface area contributed by atoms with E-state index in [4.69, 9.17) is 10.8 Å². The zero-order valence-corrected chi connectivity index (χ0v) is 11.8. The normalized spacial score (nSPS) is 12.3. The van der Waals surface area contributed by atoms with Gasteiger partial charge >= 0.3 is 0 Å². The van der Waals surface area contributed by atoms with Gasteiger partial charge in [0.15, 0.2) is 0 Å². The van der Waals surface area contributed by atoms with E-state index in [1.807, 2.05) is 0 Å². The molecule has 5 heteroatoms. The smallest absolute Gasteiger partial charge is 0.218 e. The minimum Gasteiger partial charge on any atom is -0.395 e. The SMILES string of the molecule is NC(=O)CC(CCCCCCCCC=O)NCCO. The summed E-state index contributed by atoms with van der Waals surface area (Å²) in [6.45, 7) is 0.579. The number of nitrogens with one attached hydrogen (secondary N) is 1. The van der Waals surface area contributed by atoms with Gasteiger partial charge in [0, 0.05) is 25.4 Å². The summed E-state index contributed by atoms with van der Waals surface area (Å²) in [6.07, 6.45) is 9.53. The Morgan fingerprint density at radius 3 is 2.37 bits per heavy atom. The second-order valence-corrected chi connectivity index (χ2v) is 4.91. The average molecular weight is 272 g/mol. The van der Waals surface area contributed by atoms with Crippen molar-refractivity contribution in [2.45, 2.75) is 63.8 Å². The maximum Gasteiger partial charge on any atom is 0.218 e. The average Bonchev–Trinajstić information content (AvgIpc) is 2.38. The molecule has 0 aromatic heterocycles. The second-order valence-electron chi connectivity index (χ2n) is 4.91. The summed E-state index contributed by atoms with van der Waals surface area (Å²) in [5.41, 5.74) is 5.19. The number of hydrogen-bond acceptors (Lipinski definition) is 4. The number of aldehydes is 1. The Morgan fingerprint density at radius 2 is 1.79 bits per heavy atom. The molecular weight excluding hydrogens is 244 g/mol.